The highest BCUT2D eigenvalue weighted by Crippen LogP contribution is 2.28. The first kappa shape index (κ1) is 23.1. The van der Waals surface area contributed by atoms with Gasteiger partial charge in [-0.15, -0.1) is 0 Å². The van der Waals surface area contributed by atoms with Crippen molar-refractivity contribution in [3.63, 3.8) is 0 Å². The molecule has 174 valence electrons. The summed E-state index contributed by atoms with van der Waals surface area (Å²) < 4.78 is 78.7. The van der Waals surface area contributed by atoms with E-state index < -0.39 is 27.6 Å². The van der Waals surface area contributed by atoms with Crippen molar-refractivity contribution in [2.75, 3.05) is 17.8 Å². The molecule has 0 spiro atoms. The summed E-state index contributed by atoms with van der Waals surface area (Å²) in [5.74, 6) is -0.122. The number of sulfonamides is 1. The van der Waals surface area contributed by atoms with Gasteiger partial charge in [0.05, 0.1) is 10.5 Å². The van der Waals surface area contributed by atoms with Gasteiger partial charge in [-0.1, -0.05) is 6.07 Å². The molecule has 0 saturated heterocycles. The van der Waals surface area contributed by atoms with E-state index >= 15 is 0 Å². The highest BCUT2D eigenvalue weighted by Gasteiger charge is 2.31. The van der Waals surface area contributed by atoms with Crippen LogP contribution in [-0.2, 0) is 35.6 Å². The van der Waals surface area contributed by atoms with Crippen molar-refractivity contribution in [3.8, 4) is 0 Å². The van der Waals surface area contributed by atoms with Crippen LogP contribution in [0.3, 0.4) is 0 Å². The first-order valence-corrected chi connectivity index (χ1v) is 11.6. The van der Waals surface area contributed by atoms with Crippen LogP contribution in [0.15, 0.2) is 59.8 Å². The van der Waals surface area contributed by atoms with E-state index in [-0.39, 0.29) is 10.6 Å². The fourth-order valence-corrected chi connectivity index (χ4v) is 4.68. The van der Waals surface area contributed by atoms with Gasteiger partial charge < -0.3 is 0 Å². The lowest BCUT2D eigenvalue weighted by Gasteiger charge is -2.28. The maximum absolute atomic E-state index is 13.0. The standard InChI is InChI=1S/C22H20F4N4O2S/c23-18-2-4-19(5-3-18)29-33(31,32)20-6-1-16-14-30(9-7-15(16)11-20)10-8-21-27-12-17(13-28-21)22(24,25)26/h1-6,11-13,29H,7-10,14H2. The highest BCUT2D eigenvalue weighted by atomic mass is 32.2. The van der Waals surface area contributed by atoms with E-state index in [1.54, 1.807) is 12.1 Å². The minimum atomic E-state index is -4.46. The third-order valence-corrected chi connectivity index (χ3v) is 6.74. The van der Waals surface area contributed by atoms with Crippen molar-refractivity contribution in [3.05, 3.63) is 83.2 Å². The molecule has 0 fully saturated rings. The van der Waals surface area contributed by atoms with Crippen molar-refractivity contribution in [1.82, 2.24) is 14.9 Å². The van der Waals surface area contributed by atoms with E-state index in [1.807, 2.05) is 0 Å². The summed E-state index contributed by atoms with van der Waals surface area (Å²) in [5, 5.41) is 0. The number of alkyl halides is 3. The Labute approximate surface area is 188 Å². The van der Waals surface area contributed by atoms with Crippen molar-refractivity contribution < 1.29 is 26.0 Å². The number of hydrogen-bond acceptors (Lipinski definition) is 5. The van der Waals surface area contributed by atoms with Crippen LogP contribution in [0.25, 0.3) is 0 Å². The van der Waals surface area contributed by atoms with Gasteiger partial charge in [0.1, 0.15) is 11.6 Å². The number of anilines is 1. The largest absolute Gasteiger partial charge is 0.419 e. The number of benzene rings is 2. The average Bonchev–Trinajstić information content (AvgIpc) is 2.78. The van der Waals surface area contributed by atoms with Crippen LogP contribution >= 0.6 is 0 Å². The van der Waals surface area contributed by atoms with E-state index in [4.69, 9.17) is 0 Å². The molecule has 3 aromatic rings. The lowest BCUT2D eigenvalue weighted by atomic mass is 10.00. The van der Waals surface area contributed by atoms with Crippen LogP contribution < -0.4 is 4.72 Å². The van der Waals surface area contributed by atoms with Gasteiger partial charge in [-0.2, -0.15) is 13.2 Å². The van der Waals surface area contributed by atoms with Crippen LogP contribution in [0.5, 0.6) is 0 Å². The van der Waals surface area contributed by atoms with Crippen molar-refractivity contribution in [2.45, 2.75) is 30.5 Å². The van der Waals surface area contributed by atoms with Crippen molar-refractivity contribution in [1.29, 1.82) is 0 Å². The zero-order chi connectivity index (χ0) is 23.6. The second-order valence-corrected chi connectivity index (χ2v) is 9.39. The van der Waals surface area contributed by atoms with Crippen molar-refractivity contribution in [2.24, 2.45) is 0 Å². The predicted octanol–water partition coefficient (Wildman–Crippen LogP) is 4.04. The molecule has 1 aliphatic rings. The molecule has 2 aromatic carbocycles. The maximum Gasteiger partial charge on any atom is 0.419 e. The Morgan fingerprint density at radius 1 is 1.00 bits per heavy atom. The van der Waals surface area contributed by atoms with Gasteiger partial charge in [-0.25, -0.2) is 22.8 Å². The van der Waals surface area contributed by atoms with Crippen LogP contribution in [0.2, 0.25) is 0 Å². The number of nitrogens with zero attached hydrogens (tertiary/aromatic N) is 3. The zero-order valence-corrected chi connectivity index (χ0v) is 18.1. The topological polar surface area (TPSA) is 75.2 Å². The van der Waals surface area contributed by atoms with Gasteiger partial charge >= 0.3 is 6.18 Å². The molecule has 11 heteroatoms. The van der Waals surface area contributed by atoms with Crippen LogP contribution in [-0.4, -0.2) is 36.4 Å². The minimum Gasteiger partial charge on any atom is -0.298 e. The van der Waals surface area contributed by atoms with Gasteiger partial charge in [0.15, 0.2) is 0 Å². The molecular formula is C22H20F4N4O2S. The molecule has 1 N–H and O–H groups in total. The first-order valence-electron chi connectivity index (χ1n) is 10.1. The molecular weight excluding hydrogens is 460 g/mol. The summed E-state index contributed by atoms with van der Waals surface area (Å²) >= 11 is 0. The van der Waals surface area contributed by atoms with Crippen molar-refractivity contribution >= 4 is 15.7 Å². The lowest BCUT2D eigenvalue weighted by Crippen LogP contribution is -2.32. The summed E-state index contributed by atoms with van der Waals surface area (Å²) in [6.07, 6.45) is -1.85. The van der Waals surface area contributed by atoms with Gasteiger partial charge in [0.2, 0.25) is 0 Å². The van der Waals surface area contributed by atoms with Gasteiger partial charge in [-0.05, 0) is 53.9 Å². The van der Waals surface area contributed by atoms with Crippen LogP contribution in [0.1, 0.15) is 22.5 Å². The summed E-state index contributed by atoms with van der Waals surface area (Å²) in [4.78, 5) is 9.84. The monoisotopic (exact) mass is 480 g/mol. The quantitative estimate of drug-likeness (QED) is 0.539. The predicted molar refractivity (Wildman–Crippen MR) is 113 cm³/mol. The lowest BCUT2D eigenvalue weighted by molar-refractivity contribution is -0.138. The zero-order valence-electron chi connectivity index (χ0n) is 17.3. The summed E-state index contributed by atoms with van der Waals surface area (Å²) in [7, 11) is -3.82. The molecule has 33 heavy (non-hydrogen) atoms. The highest BCUT2D eigenvalue weighted by molar-refractivity contribution is 7.92. The number of nitrogens with one attached hydrogen (secondary N) is 1. The fraction of sp³-hybridized carbons (Fsp3) is 0.273. The molecule has 0 bridgehead atoms. The van der Waals surface area contributed by atoms with E-state index in [9.17, 15) is 26.0 Å². The fourth-order valence-electron chi connectivity index (χ4n) is 3.57. The Morgan fingerprint density at radius 3 is 2.36 bits per heavy atom. The summed E-state index contributed by atoms with van der Waals surface area (Å²) in [6, 6.07) is 9.97. The van der Waals surface area contributed by atoms with Crippen LogP contribution in [0.4, 0.5) is 23.2 Å². The number of halogens is 4. The SMILES string of the molecule is O=S(=O)(Nc1ccc(F)cc1)c1ccc2c(c1)CCN(CCc1ncc(C(F)(F)F)cn1)C2. The van der Waals surface area contributed by atoms with Gasteiger partial charge in [0, 0.05) is 44.1 Å². The summed E-state index contributed by atoms with van der Waals surface area (Å²) in [6.45, 7) is 1.82. The molecule has 0 saturated carbocycles. The molecule has 1 aliphatic heterocycles. The van der Waals surface area contributed by atoms with E-state index in [2.05, 4.69) is 19.6 Å². The number of aromatic nitrogens is 2. The number of fused-ring (bicyclic) bond motifs is 1. The molecule has 0 radical (unpaired) electrons. The van der Waals surface area contributed by atoms with E-state index in [1.165, 1.54) is 30.3 Å². The Balaban J connectivity index is 1.38. The minimum absolute atomic E-state index is 0.122. The molecule has 4 rings (SSSR count). The smallest absolute Gasteiger partial charge is 0.298 e. The third kappa shape index (κ3) is 5.66. The second kappa shape index (κ2) is 9.06. The van der Waals surface area contributed by atoms with Crippen LogP contribution in [0, 0.1) is 5.82 Å². The maximum atomic E-state index is 13.0. The Bertz CT molecular complexity index is 1230. The molecule has 6 nitrogen and oxygen atoms in total. The second-order valence-electron chi connectivity index (χ2n) is 7.70. The molecule has 0 amide bonds. The molecule has 0 unspecified atom stereocenters. The Morgan fingerprint density at radius 2 is 1.70 bits per heavy atom. The molecule has 2 heterocycles. The molecule has 0 atom stereocenters. The molecule has 1 aromatic heterocycles. The van der Waals surface area contributed by atoms with E-state index in [0.29, 0.717) is 38.3 Å². The average molecular weight is 480 g/mol. The number of rotatable bonds is 6. The number of hydrogen-bond donors (Lipinski definition) is 1. The summed E-state index contributed by atoms with van der Waals surface area (Å²) in [5.41, 5.74) is 1.29. The Hall–Kier alpha value is -3.05. The van der Waals surface area contributed by atoms with Gasteiger partial charge in [0.25, 0.3) is 10.0 Å². The van der Waals surface area contributed by atoms with Gasteiger partial charge in [-0.3, -0.25) is 9.62 Å². The van der Waals surface area contributed by atoms with E-state index in [0.717, 1.165) is 23.5 Å². The normalized spacial score (nSPS) is 14.7. The molecule has 0 aliphatic carbocycles. The third-order valence-electron chi connectivity index (χ3n) is 5.36. The first-order chi connectivity index (χ1) is 15.6. The Kier molecular flexibility index (Phi) is 6.35.